The van der Waals surface area contributed by atoms with Gasteiger partial charge in [0.25, 0.3) is 5.91 Å². The zero-order valence-corrected chi connectivity index (χ0v) is 13.5. The zero-order chi connectivity index (χ0) is 16.4. The van der Waals surface area contributed by atoms with Gasteiger partial charge in [0, 0.05) is 39.3 Å². The number of aliphatic hydroxyl groups is 1. The number of carbonyl (C=O) groups is 1. The molecule has 0 unspecified atom stereocenters. The van der Waals surface area contributed by atoms with Crippen molar-refractivity contribution >= 4 is 5.91 Å². The van der Waals surface area contributed by atoms with Crippen LogP contribution in [0.5, 0.6) is 0 Å². The van der Waals surface area contributed by atoms with Gasteiger partial charge in [-0.05, 0) is 25.6 Å². The molecule has 0 aliphatic carbocycles. The molecular weight excluding hydrogens is 297 g/mol. The van der Waals surface area contributed by atoms with Crippen LogP contribution in [0.15, 0.2) is 24.3 Å². The molecule has 0 aromatic heterocycles. The van der Waals surface area contributed by atoms with E-state index in [1.165, 1.54) is 12.1 Å². The maximum atomic E-state index is 13.8. The largest absolute Gasteiger partial charge is 0.387 e. The summed E-state index contributed by atoms with van der Waals surface area (Å²) in [6.07, 6.45) is 0.541. The van der Waals surface area contributed by atoms with Gasteiger partial charge in [-0.25, -0.2) is 4.39 Å². The quantitative estimate of drug-likeness (QED) is 0.888. The minimum absolute atomic E-state index is 0.0800. The highest BCUT2D eigenvalue weighted by molar-refractivity contribution is 5.94. The highest BCUT2D eigenvalue weighted by Crippen LogP contribution is 2.25. The van der Waals surface area contributed by atoms with Crippen LogP contribution in [-0.4, -0.2) is 84.2 Å². The van der Waals surface area contributed by atoms with E-state index in [4.69, 9.17) is 0 Å². The van der Waals surface area contributed by atoms with Gasteiger partial charge >= 0.3 is 0 Å². The molecule has 1 aromatic carbocycles. The van der Waals surface area contributed by atoms with E-state index in [9.17, 15) is 14.3 Å². The summed E-state index contributed by atoms with van der Waals surface area (Å²) in [6.45, 7) is 5.16. The van der Waals surface area contributed by atoms with E-state index in [2.05, 4.69) is 16.8 Å². The third kappa shape index (κ3) is 3.71. The van der Waals surface area contributed by atoms with E-state index in [1.807, 2.05) is 0 Å². The number of amides is 1. The molecule has 2 saturated heterocycles. The SMILES string of the molecule is CN1CCN(C[C@]2(O)CCN(C(=O)c3ccccc3F)C2)CC1. The van der Waals surface area contributed by atoms with Gasteiger partial charge in [-0.15, -0.1) is 0 Å². The molecule has 5 nitrogen and oxygen atoms in total. The number of likely N-dealkylation sites (tertiary alicyclic amines) is 1. The highest BCUT2D eigenvalue weighted by Gasteiger charge is 2.40. The fraction of sp³-hybridized carbons (Fsp3) is 0.588. The van der Waals surface area contributed by atoms with Crippen LogP contribution in [0, 0.1) is 5.82 Å². The standard InChI is InChI=1S/C17H24FN3O2/c1-19-8-10-20(11-9-19)12-17(23)6-7-21(13-17)16(22)14-4-2-3-5-15(14)18/h2-5,23H,6-13H2,1H3/t17-/m1/s1. The summed E-state index contributed by atoms with van der Waals surface area (Å²) in [5, 5.41) is 10.8. The maximum absolute atomic E-state index is 13.8. The number of hydrogen-bond acceptors (Lipinski definition) is 4. The third-order valence-electron chi connectivity index (χ3n) is 4.84. The Morgan fingerprint density at radius 2 is 1.91 bits per heavy atom. The number of benzene rings is 1. The molecule has 0 saturated carbocycles. The fourth-order valence-corrected chi connectivity index (χ4v) is 3.39. The van der Waals surface area contributed by atoms with Crippen molar-refractivity contribution in [2.75, 3.05) is 52.9 Å². The first kappa shape index (κ1) is 16.4. The molecular formula is C17H24FN3O2. The number of hydrogen-bond donors (Lipinski definition) is 1. The Bertz CT molecular complexity index is 575. The van der Waals surface area contributed by atoms with Gasteiger partial charge in [0.2, 0.25) is 0 Å². The summed E-state index contributed by atoms with van der Waals surface area (Å²) in [5.74, 6) is -0.843. The first-order valence-corrected chi connectivity index (χ1v) is 8.14. The Balaban J connectivity index is 1.61. The number of halogens is 1. The first-order chi connectivity index (χ1) is 11.0. The molecule has 2 heterocycles. The normalized spacial score (nSPS) is 26.7. The lowest BCUT2D eigenvalue weighted by Gasteiger charge is -2.36. The van der Waals surface area contributed by atoms with E-state index < -0.39 is 11.4 Å². The molecule has 3 rings (SSSR count). The van der Waals surface area contributed by atoms with Crippen molar-refractivity contribution in [3.63, 3.8) is 0 Å². The topological polar surface area (TPSA) is 47.0 Å². The van der Waals surface area contributed by atoms with E-state index in [1.54, 1.807) is 17.0 Å². The molecule has 0 bridgehead atoms. The van der Waals surface area contributed by atoms with Gasteiger partial charge in [0.05, 0.1) is 17.7 Å². The molecule has 2 fully saturated rings. The Morgan fingerprint density at radius 1 is 1.22 bits per heavy atom. The van der Waals surface area contributed by atoms with E-state index >= 15 is 0 Å². The van der Waals surface area contributed by atoms with Gasteiger partial charge in [-0.1, -0.05) is 12.1 Å². The summed E-state index contributed by atoms with van der Waals surface area (Å²) in [5.41, 5.74) is -0.812. The summed E-state index contributed by atoms with van der Waals surface area (Å²) in [6, 6.07) is 6.01. The Morgan fingerprint density at radius 3 is 2.61 bits per heavy atom. The molecule has 1 N–H and O–H groups in total. The number of carbonyl (C=O) groups excluding carboxylic acids is 1. The van der Waals surface area contributed by atoms with E-state index in [-0.39, 0.29) is 18.0 Å². The number of rotatable bonds is 3. The van der Waals surface area contributed by atoms with Crippen LogP contribution < -0.4 is 0 Å². The van der Waals surface area contributed by atoms with Gasteiger partial charge < -0.3 is 14.9 Å². The molecule has 1 atom stereocenters. The molecule has 2 aliphatic heterocycles. The molecule has 1 aromatic rings. The van der Waals surface area contributed by atoms with Crippen molar-refractivity contribution in [3.8, 4) is 0 Å². The minimum Gasteiger partial charge on any atom is -0.387 e. The fourth-order valence-electron chi connectivity index (χ4n) is 3.39. The van der Waals surface area contributed by atoms with Crippen molar-refractivity contribution in [1.82, 2.24) is 14.7 Å². The summed E-state index contributed by atoms with van der Waals surface area (Å²) < 4.78 is 13.8. The predicted molar refractivity (Wildman–Crippen MR) is 85.8 cm³/mol. The lowest BCUT2D eigenvalue weighted by Crippen LogP contribution is -2.52. The predicted octanol–water partition coefficient (Wildman–Crippen LogP) is 0.650. The number of piperazine rings is 1. The first-order valence-electron chi connectivity index (χ1n) is 8.14. The number of β-amino-alcohol motifs (C(OH)–C–C–N with tert-alkyl or cyclic N) is 1. The Labute approximate surface area is 136 Å². The molecule has 126 valence electrons. The van der Waals surface area contributed by atoms with Crippen molar-refractivity contribution in [3.05, 3.63) is 35.6 Å². The van der Waals surface area contributed by atoms with Crippen molar-refractivity contribution < 1.29 is 14.3 Å². The van der Waals surface area contributed by atoms with Gasteiger partial charge in [0.1, 0.15) is 5.82 Å². The van der Waals surface area contributed by atoms with Crippen molar-refractivity contribution in [2.45, 2.75) is 12.0 Å². The van der Waals surface area contributed by atoms with Crippen molar-refractivity contribution in [2.24, 2.45) is 0 Å². The monoisotopic (exact) mass is 321 g/mol. The Kier molecular flexibility index (Phi) is 4.66. The van der Waals surface area contributed by atoms with Crippen LogP contribution in [0.2, 0.25) is 0 Å². The summed E-state index contributed by atoms with van der Waals surface area (Å²) >= 11 is 0. The molecule has 2 aliphatic rings. The lowest BCUT2D eigenvalue weighted by atomic mass is 10.0. The summed E-state index contributed by atoms with van der Waals surface area (Å²) in [4.78, 5) is 18.5. The van der Waals surface area contributed by atoms with Crippen LogP contribution in [0.25, 0.3) is 0 Å². The molecule has 0 radical (unpaired) electrons. The smallest absolute Gasteiger partial charge is 0.256 e. The molecule has 0 spiro atoms. The van der Waals surface area contributed by atoms with Gasteiger partial charge in [0.15, 0.2) is 0 Å². The van der Waals surface area contributed by atoms with Crippen LogP contribution in [0.1, 0.15) is 16.8 Å². The molecule has 6 heteroatoms. The van der Waals surface area contributed by atoms with Gasteiger partial charge in [-0.3, -0.25) is 9.69 Å². The van der Waals surface area contributed by atoms with E-state index in [0.717, 1.165) is 26.2 Å². The van der Waals surface area contributed by atoms with Crippen LogP contribution in [0.3, 0.4) is 0 Å². The second-order valence-electron chi connectivity index (χ2n) is 6.76. The molecule has 1 amide bonds. The summed E-state index contributed by atoms with van der Waals surface area (Å²) in [7, 11) is 2.09. The van der Waals surface area contributed by atoms with Crippen molar-refractivity contribution in [1.29, 1.82) is 0 Å². The second-order valence-corrected chi connectivity index (χ2v) is 6.76. The third-order valence-corrected chi connectivity index (χ3v) is 4.84. The average molecular weight is 321 g/mol. The average Bonchev–Trinajstić information content (AvgIpc) is 2.92. The maximum Gasteiger partial charge on any atom is 0.256 e. The van der Waals surface area contributed by atoms with E-state index in [0.29, 0.717) is 19.5 Å². The molecule has 23 heavy (non-hydrogen) atoms. The van der Waals surface area contributed by atoms with Crippen LogP contribution >= 0.6 is 0 Å². The minimum atomic E-state index is -0.892. The number of nitrogens with zero attached hydrogens (tertiary/aromatic N) is 3. The van der Waals surface area contributed by atoms with Gasteiger partial charge in [-0.2, -0.15) is 0 Å². The zero-order valence-electron chi connectivity index (χ0n) is 13.5. The highest BCUT2D eigenvalue weighted by atomic mass is 19.1. The lowest BCUT2D eigenvalue weighted by molar-refractivity contribution is 0.000484. The number of likely N-dealkylation sites (N-methyl/N-ethyl adjacent to an activating group) is 1. The second kappa shape index (κ2) is 6.55. The van der Waals surface area contributed by atoms with Crippen LogP contribution in [0.4, 0.5) is 4.39 Å². The Hall–Kier alpha value is -1.50. The van der Waals surface area contributed by atoms with Crippen LogP contribution in [-0.2, 0) is 0 Å².